The normalized spacial score (nSPS) is 23.3. The molecule has 20 heavy (non-hydrogen) atoms. The van der Waals surface area contributed by atoms with Gasteiger partial charge in [-0.3, -0.25) is 0 Å². The van der Waals surface area contributed by atoms with E-state index in [1.165, 1.54) is 4.88 Å². The fourth-order valence-corrected chi connectivity index (χ4v) is 3.50. The number of thiophene rings is 1. The van der Waals surface area contributed by atoms with E-state index < -0.39 is 0 Å². The Bertz CT molecular complexity index is 627. The van der Waals surface area contributed by atoms with Crippen molar-refractivity contribution in [3.8, 4) is 0 Å². The van der Waals surface area contributed by atoms with E-state index in [-0.39, 0.29) is 6.10 Å². The number of rotatable bonds is 2. The van der Waals surface area contributed by atoms with E-state index in [1.807, 2.05) is 7.05 Å². The first-order chi connectivity index (χ1) is 9.58. The van der Waals surface area contributed by atoms with Crippen LogP contribution in [0.25, 0.3) is 10.2 Å². The van der Waals surface area contributed by atoms with Crippen LogP contribution in [0.3, 0.4) is 0 Å². The molecule has 1 saturated heterocycles. The van der Waals surface area contributed by atoms with Crippen LogP contribution < -0.4 is 10.2 Å². The first-order valence-corrected chi connectivity index (χ1v) is 7.79. The molecule has 1 aliphatic rings. The summed E-state index contributed by atoms with van der Waals surface area (Å²) in [5.74, 6) is 1.94. The molecule has 6 heteroatoms. The van der Waals surface area contributed by atoms with Crippen molar-refractivity contribution in [3.05, 3.63) is 10.9 Å². The van der Waals surface area contributed by atoms with Crippen LogP contribution in [-0.2, 0) is 0 Å². The Labute approximate surface area is 122 Å². The SMILES string of the molecule is CNc1nc(N2CCC(C)C(O)C2)c2cc(C)sc2n1. The van der Waals surface area contributed by atoms with Crippen LogP contribution in [0.5, 0.6) is 0 Å². The van der Waals surface area contributed by atoms with Crippen molar-refractivity contribution < 1.29 is 5.11 Å². The molecule has 108 valence electrons. The molecule has 0 aliphatic carbocycles. The number of β-amino-alcohol motifs (C(OH)–C–C–N with tert-alkyl or cyclic N) is 1. The summed E-state index contributed by atoms with van der Waals surface area (Å²) in [7, 11) is 1.83. The standard InChI is InChI=1S/C14H20N4OS/c1-8-4-5-18(7-11(8)19)12-10-6-9(2)20-13(10)17-14(15-3)16-12/h6,8,11,19H,4-5,7H2,1-3H3,(H,15,16,17). The third-order valence-electron chi connectivity index (χ3n) is 3.94. The minimum absolute atomic E-state index is 0.286. The van der Waals surface area contributed by atoms with Crippen LogP contribution in [-0.4, -0.2) is 41.3 Å². The van der Waals surface area contributed by atoms with Gasteiger partial charge in [-0.05, 0) is 25.3 Å². The number of aromatic nitrogens is 2. The largest absolute Gasteiger partial charge is 0.391 e. The molecule has 2 aromatic heterocycles. The number of aliphatic hydroxyl groups is 1. The molecule has 1 fully saturated rings. The lowest BCUT2D eigenvalue weighted by atomic mass is 9.96. The van der Waals surface area contributed by atoms with Gasteiger partial charge >= 0.3 is 0 Å². The highest BCUT2D eigenvalue weighted by atomic mass is 32.1. The molecule has 0 aromatic carbocycles. The highest BCUT2D eigenvalue weighted by Crippen LogP contribution is 2.33. The average molecular weight is 292 g/mol. The van der Waals surface area contributed by atoms with Gasteiger partial charge in [0.1, 0.15) is 10.6 Å². The van der Waals surface area contributed by atoms with Gasteiger partial charge in [-0.15, -0.1) is 11.3 Å². The number of nitrogens with zero attached hydrogens (tertiary/aromatic N) is 3. The van der Waals surface area contributed by atoms with Gasteiger partial charge in [-0.25, -0.2) is 4.98 Å². The number of fused-ring (bicyclic) bond motifs is 1. The zero-order valence-electron chi connectivity index (χ0n) is 12.1. The van der Waals surface area contributed by atoms with E-state index >= 15 is 0 Å². The van der Waals surface area contributed by atoms with Crippen LogP contribution in [0.1, 0.15) is 18.2 Å². The third-order valence-corrected chi connectivity index (χ3v) is 4.88. The van der Waals surface area contributed by atoms with Crippen molar-refractivity contribution >= 4 is 33.3 Å². The second kappa shape index (κ2) is 5.18. The molecule has 0 radical (unpaired) electrons. The Morgan fingerprint density at radius 1 is 1.45 bits per heavy atom. The first kappa shape index (κ1) is 13.6. The summed E-state index contributed by atoms with van der Waals surface area (Å²) in [6.45, 7) is 5.77. The Kier molecular flexibility index (Phi) is 3.52. The fourth-order valence-electron chi connectivity index (χ4n) is 2.62. The minimum atomic E-state index is -0.286. The molecule has 2 N–H and O–H groups in total. The highest BCUT2D eigenvalue weighted by molar-refractivity contribution is 7.18. The van der Waals surface area contributed by atoms with Gasteiger partial charge in [0.2, 0.25) is 5.95 Å². The summed E-state index contributed by atoms with van der Waals surface area (Å²) >= 11 is 1.68. The van der Waals surface area contributed by atoms with Crippen LogP contribution in [0, 0.1) is 12.8 Å². The quantitative estimate of drug-likeness (QED) is 0.889. The molecule has 2 unspecified atom stereocenters. The second-order valence-corrected chi connectivity index (χ2v) is 6.71. The molecular weight excluding hydrogens is 272 g/mol. The van der Waals surface area contributed by atoms with E-state index in [9.17, 15) is 5.11 Å². The molecule has 0 amide bonds. The van der Waals surface area contributed by atoms with E-state index in [2.05, 4.69) is 40.1 Å². The Morgan fingerprint density at radius 3 is 2.95 bits per heavy atom. The number of piperidine rings is 1. The predicted molar refractivity (Wildman–Crippen MR) is 83.7 cm³/mol. The van der Waals surface area contributed by atoms with Crippen LogP contribution >= 0.6 is 11.3 Å². The van der Waals surface area contributed by atoms with Gasteiger partial charge in [0.15, 0.2) is 0 Å². The minimum Gasteiger partial charge on any atom is -0.391 e. The number of hydrogen-bond donors (Lipinski definition) is 2. The van der Waals surface area contributed by atoms with Gasteiger partial charge in [0.05, 0.1) is 11.5 Å². The fraction of sp³-hybridized carbons (Fsp3) is 0.571. The van der Waals surface area contributed by atoms with Crippen LogP contribution in [0.4, 0.5) is 11.8 Å². The Morgan fingerprint density at radius 2 is 2.25 bits per heavy atom. The molecule has 5 nitrogen and oxygen atoms in total. The average Bonchev–Trinajstić information content (AvgIpc) is 2.80. The Hall–Kier alpha value is -1.40. The van der Waals surface area contributed by atoms with Gasteiger partial charge in [-0.1, -0.05) is 6.92 Å². The van der Waals surface area contributed by atoms with Gasteiger partial charge in [-0.2, -0.15) is 4.98 Å². The van der Waals surface area contributed by atoms with Gasteiger partial charge in [0.25, 0.3) is 0 Å². The van der Waals surface area contributed by atoms with E-state index in [0.29, 0.717) is 18.4 Å². The lowest BCUT2D eigenvalue weighted by Crippen LogP contribution is -2.43. The van der Waals surface area contributed by atoms with Gasteiger partial charge < -0.3 is 15.3 Å². The van der Waals surface area contributed by atoms with E-state index in [4.69, 9.17) is 0 Å². The monoisotopic (exact) mass is 292 g/mol. The molecule has 0 bridgehead atoms. The molecule has 3 heterocycles. The zero-order valence-corrected chi connectivity index (χ0v) is 12.9. The maximum atomic E-state index is 10.1. The van der Waals surface area contributed by atoms with Crippen LogP contribution in [0.15, 0.2) is 6.07 Å². The number of aliphatic hydroxyl groups excluding tert-OH is 1. The predicted octanol–water partition coefficient (Wildman–Crippen LogP) is 2.25. The second-order valence-electron chi connectivity index (χ2n) is 5.48. The topological polar surface area (TPSA) is 61.3 Å². The maximum absolute atomic E-state index is 10.1. The summed E-state index contributed by atoms with van der Waals surface area (Å²) in [5, 5.41) is 14.2. The lowest BCUT2D eigenvalue weighted by Gasteiger charge is -2.35. The van der Waals surface area contributed by atoms with Crippen molar-refractivity contribution in [2.75, 3.05) is 30.4 Å². The Balaban J connectivity index is 2.05. The lowest BCUT2D eigenvalue weighted by molar-refractivity contribution is 0.103. The molecule has 0 spiro atoms. The number of aryl methyl sites for hydroxylation is 1. The summed E-state index contributed by atoms with van der Waals surface area (Å²) in [6.07, 6.45) is 0.705. The smallest absolute Gasteiger partial charge is 0.225 e. The maximum Gasteiger partial charge on any atom is 0.225 e. The van der Waals surface area contributed by atoms with Crippen molar-refractivity contribution in [2.24, 2.45) is 5.92 Å². The zero-order chi connectivity index (χ0) is 14.3. The summed E-state index contributed by atoms with van der Waals surface area (Å²) < 4.78 is 0. The molecule has 2 atom stereocenters. The molecule has 3 rings (SSSR count). The molecule has 0 saturated carbocycles. The third kappa shape index (κ3) is 2.33. The first-order valence-electron chi connectivity index (χ1n) is 6.97. The van der Waals surface area contributed by atoms with Crippen molar-refractivity contribution in [3.63, 3.8) is 0 Å². The van der Waals surface area contributed by atoms with Crippen LogP contribution in [0.2, 0.25) is 0 Å². The summed E-state index contributed by atoms with van der Waals surface area (Å²) in [4.78, 5) is 13.5. The number of anilines is 2. The number of hydrogen-bond acceptors (Lipinski definition) is 6. The number of nitrogens with one attached hydrogen (secondary N) is 1. The molecular formula is C14H20N4OS. The van der Waals surface area contributed by atoms with E-state index in [1.54, 1.807) is 11.3 Å². The molecule has 1 aliphatic heterocycles. The summed E-state index contributed by atoms with van der Waals surface area (Å²) in [6, 6.07) is 2.14. The molecule has 2 aromatic rings. The van der Waals surface area contributed by atoms with E-state index in [0.717, 1.165) is 29.0 Å². The highest BCUT2D eigenvalue weighted by Gasteiger charge is 2.27. The van der Waals surface area contributed by atoms with Crippen molar-refractivity contribution in [1.82, 2.24) is 9.97 Å². The van der Waals surface area contributed by atoms with Crippen molar-refractivity contribution in [2.45, 2.75) is 26.4 Å². The van der Waals surface area contributed by atoms with Crippen molar-refractivity contribution in [1.29, 1.82) is 0 Å². The summed E-state index contributed by atoms with van der Waals surface area (Å²) in [5.41, 5.74) is 0. The van der Waals surface area contributed by atoms with Gasteiger partial charge in [0, 0.05) is 25.0 Å².